The molecule has 1 rings (SSSR count). The van der Waals surface area contributed by atoms with Crippen LogP contribution in [0, 0.1) is 0 Å². The summed E-state index contributed by atoms with van der Waals surface area (Å²) in [7, 11) is 4.47. The Bertz CT molecular complexity index is 237. The Morgan fingerprint density at radius 1 is 1.50 bits per heavy atom. The highest BCUT2D eigenvalue weighted by atomic mass is 35.5. The lowest BCUT2D eigenvalue weighted by Crippen LogP contribution is -1.95. The molecule has 0 aliphatic rings. The zero-order chi connectivity index (χ0) is 7.56. The van der Waals surface area contributed by atoms with Crippen molar-refractivity contribution >= 4 is 31.8 Å². The molecule has 1 N–H and O–H groups in total. The molecule has 0 fully saturated rings. The number of benzene rings is 1. The van der Waals surface area contributed by atoms with Crippen LogP contribution in [0.3, 0.4) is 0 Å². The highest BCUT2D eigenvalue weighted by Crippen LogP contribution is 2.19. The molecule has 0 aliphatic carbocycles. The molecule has 0 saturated heterocycles. The summed E-state index contributed by atoms with van der Waals surface area (Å²) in [6.45, 7) is 0. The lowest BCUT2D eigenvalue weighted by molar-refractivity contribution is 1.53. The minimum atomic E-state index is 0.758. The van der Waals surface area contributed by atoms with Gasteiger partial charge in [-0.05, 0) is 17.4 Å². The molecule has 1 aromatic carbocycles. The van der Waals surface area contributed by atoms with E-state index in [-0.39, 0.29) is 0 Å². The van der Waals surface area contributed by atoms with Gasteiger partial charge in [-0.1, -0.05) is 17.7 Å². The molecule has 0 aliphatic heterocycles. The lowest BCUT2D eigenvalue weighted by atomic mass is 10.3. The zero-order valence-electron chi connectivity index (χ0n) is 5.69. The summed E-state index contributed by atoms with van der Waals surface area (Å²) in [5, 5.41) is 4.88. The van der Waals surface area contributed by atoms with Gasteiger partial charge in [0.15, 0.2) is 0 Å². The van der Waals surface area contributed by atoms with Gasteiger partial charge in [0.25, 0.3) is 0 Å². The van der Waals surface area contributed by atoms with Crippen molar-refractivity contribution in [2.24, 2.45) is 0 Å². The summed E-state index contributed by atoms with van der Waals surface area (Å²) in [6.07, 6.45) is 0. The molecule has 0 saturated carbocycles. The summed E-state index contributed by atoms with van der Waals surface area (Å²) in [4.78, 5) is 0. The van der Waals surface area contributed by atoms with E-state index in [1.54, 1.807) is 0 Å². The predicted molar refractivity (Wildman–Crippen MR) is 50.3 cm³/mol. The third-order valence-corrected chi connectivity index (χ3v) is 1.95. The van der Waals surface area contributed by atoms with Crippen LogP contribution in [-0.4, -0.2) is 7.05 Å². The van der Waals surface area contributed by atoms with Crippen molar-refractivity contribution in [3.05, 3.63) is 23.2 Å². The molecule has 1 unspecified atom stereocenters. The number of nitrogens with one attached hydrogen (secondary N) is 1. The lowest BCUT2D eigenvalue weighted by Gasteiger charge is -2.02. The Hall–Kier alpha value is -0.260. The van der Waals surface area contributed by atoms with Crippen LogP contribution >= 0.6 is 20.8 Å². The monoisotopic (exact) mass is 173 g/mol. The van der Waals surface area contributed by atoms with E-state index >= 15 is 0 Å². The first kappa shape index (κ1) is 7.84. The molecule has 1 atom stereocenters. The molecule has 0 bridgehead atoms. The number of anilines is 1. The van der Waals surface area contributed by atoms with Gasteiger partial charge in [-0.2, -0.15) is 0 Å². The summed E-state index contributed by atoms with van der Waals surface area (Å²) in [6, 6.07) is 5.80. The fourth-order valence-electron chi connectivity index (χ4n) is 0.734. The van der Waals surface area contributed by atoms with Gasteiger partial charge in [-0.3, -0.25) is 0 Å². The predicted octanol–water partition coefficient (Wildman–Crippen LogP) is 1.88. The first-order chi connectivity index (χ1) is 4.74. The van der Waals surface area contributed by atoms with E-state index in [2.05, 4.69) is 14.6 Å². The third kappa shape index (κ3) is 1.62. The Morgan fingerprint density at radius 3 is 2.70 bits per heavy atom. The maximum Gasteiger partial charge on any atom is 0.0637 e. The molecular formula is C7H9ClNP. The van der Waals surface area contributed by atoms with E-state index in [1.807, 2.05) is 25.2 Å². The molecule has 0 radical (unpaired) electrons. The zero-order valence-corrected chi connectivity index (χ0v) is 7.60. The van der Waals surface area contributed by atoms with Gasteiger partial charge >= 0.3 is 0 Å². The van der Waals surface area contributed by atoms with E-state index in [0.29, 0.717) is 0 Å². The standard InChI is InChI=1S/C7H9ClNP/c1-9-7-4-5(10)2-3-6(7)8/h2-4,9H,10H2,1H3. The van der Waals surface area contributed by atoms with Crippen LogP contribution in [0.25, 0.3) is 0 Å². The average molecular weight is 174 g/mol. The van der Waals surface area contributed by atoms with Crippen molar-refractivity contribution in [1.82, 2.24) is 0 Å². The van der Waals surface area contributed by atoms with Crippen molar-refractivity contribution in [1.29, 1.82) is 0 Å². The van der Waals surface area contributed by atoms with Crippen LogP contribution in [0.5, 0.6) is 0 Å². The summed E-state index contributed by atoms with van der Waals surface area (Å²) < 4.78 is 0. The minimum Gasteiger partial charge on any atom is -0.387 e. The van der Waals surface area contributed by atoms with Crippen molar-refractivity contribution in [2.45, 2.75) is 0 Å². The number of hydrogen-bond donors (Lipinski definition) is 1. The van der Waals surface area contributed by atoms with Gasteiger partial charge in [-0.15, -0.1) is 9.24 Å². The van der Waals surface area contributed by atoms with E-state index in [0.717, 1.165) is 16.0 Å². The number of hydrogen-bond acceptors (Lipinski definition) is 1. The van der Waals surface area contributed by atoms with Crippen LogP contribution in [0.2, 0.25) is 5.02 Å². The molecule has 0 amide bonds. The Labute approximate surface area is 68.0 Å². The molecule has 0 heterocycles. The van der Waals surface area contributed by atoms with Gasteiger partial charge in [0.2, 0.25) is 0 Å². The van der Waals surface area contributed by atoms with Crippen molar-refractivity contribution in [2.75, 3.05) is 12.4 Å². The fourth-order valence-corrected chi connectivity index (χ4v) is 1.21. The maximum absolute atomic E-state index is 5.82. The van der Waals surface area contributed by atoms with Crippen LogP contribution in [0.4, 0.5) is 5.69 Å². The van der Waals surface area contributed by atoms with E-state index in [1.165, 1.54) is 0 Å². The largest absolute Gasteiger partial charge is 0.387 e. The number of rotatable bonds is 1. The summed E-state index contributed by atoms with van der Waals surface area (Å²) in [5.41, 5.74) is 0.967. The van der Waals surface area contributed by atoms with E-state index < -0.39 is 0 Å². The average Bonchev–Trinajstić information content (AvgIpc) is 1.94. The minimum absolute atomic E-state index is 0.758. The Balaban J connectivity index is 3.09. The fraction of sp³-hybridized carbons (Fsp3) is 0.143. The van der Waals surface area contributed by atoms with Crippen LogP contribution in [0.1, 0.15) is 0 Å². The Kier molecular flexibility index (Phi) is 2.53. The first-order valence-electron chi connectivity index (χ1n) is 2.97. The van der Waals surface area contributed by atoms with Gasteiger partial charge < -0.3 is 5.32 Å². The second-order valence-corrected chi connectivity index (χ2v) is 3.06. The Morgan fingerprint density at radius 2 is 2.20 bits per heavy atom. The molecule has 0 aromatic heterocycles. The molecule has 10 heavy (non-hydrogen) atoms. The molecule has 3 heteroatoms. The second kappa shape index (κ2) is 3.23. The smallest absolute Gasteiger partial charge is 0.0637 e. The topological polar surface area (TPSA) is 12.0 Å². The normalized spacial score (nSPS) is 9.50. The second-order valence-electron chi connectivity index (χ2n) is 1.99. The molecule has 0 spiro atoms. The first-order valence-corrected chi connectivity index (χ1v) is 3.92. The molecule has 54 valence electrons. The van der Waals surface area contributed by atoms with Crippen LogP contribution in [-0.2, 0) is 0 Å². The van der Waals surface area contributed by atoms with Crippen LogP contribution in [0.15, 0.2) is 18.2 Å². The van der Waals surface area contributed by atoms with Crippen molar-refractivity contribution in [3.8, 4) is 0 Å². The molecular weight excluding hydrogens is 165 g/mol. The van der Waals surface area contributed by atoms with Gasteiger partial charge in [-0.25, -0.2) is 0 Å². The third-order valence-electron chi connectivity index (χ3n) is 1.26. The van der Waals surface area contributed by atoms with Crippen LogP contribution < -0.4 is 10.6 Å². The van der Waals surface area contributed by atoms with Crippen molar-refractivity contribution in [3.63, 3.8) is 0 Å². The van der Waals surface area contributed by atoms with Gasteiger partial charge in [0.1, 0.15) is 0 Å². The number of halogens is 1. The summed E-state index contributed by atoms with van der Waals surface area (Å²) >= 11 is 5.82. The van der Waals surface area contributed by atoms with Crippen molar-refractivity contribution < 1.29 is 0 Å². The summed E-state index contributed by atoms with van der Waals surface area (Å²) in [5.74, 6) is 0. The quantitative estimate of drug-likeness (QED) is 0.640. The highest BCUT2D eigenvalue weighted by molar-refractivity contribution is 7.27. The van der Waals surface area contributed by atoms with E-state index in [9.17, 15) is 0 Å². The van der Waals surface area contributed by atoms with Gasteiger partial charge in [0.05, 0.1) is 10.7 Å². The highest BCUT2D eigenvalue weighted by Gasteiger charge is 1.95. The van der Waals surface area contributed by atoms with E-state index in [4.69, 9.17) is 11.6 Å². The maximum atomic E-state index is 5.82. The molecule has 1 nitrogen and oxygen atoms in total. The van der Waals surface area contributed by atoms with Gasteiger partial charge in [0, 0.05) is 7.05 Å². The molecule has 1 aromatic rings. The SMILES string of the molecule is CNc1cc(P)ccc1Cl.